The fraction of sp³-hybridized carbons (Fsp3) is 0.226. The molecular weight excluding hydrogens is 528 g/mol. The smallest absolute Gasteiger partial charge is 0.261 e. The SMILES string of the molecule is CC(CCSSCCCN1C(=O)c2cccc3cccc(c23)C1=O)N1C(=O)c2cccc3cccc(c23)C1=O. The molecule has 0 bridgehead atoms. The van der Waals surface area contributed by atoms with Gasteiger partial charge in [-0.15, -0.1) is 0 Å². The van der Waals surface area contributed by atoms with Gasteiger partial charge in [0.2, 0.25) is 0 Å². The molecule has 2 heterocycles. The lowest BCUT2D eigenvalue weighted by atomic mass is 9.93. The molecule has 4 aromatic rings. The van der Waals surface area contributed by atoms with E-state index in [9.17, 15) is 19.2 Å². The highest BCUT2D eigenvalue weighted by atomic mass is 33.1. The first-order chi connectivity index (χ1) is 19.0. The van der Waals surface area contributed by atoms with E-state index >= 15 is 0 Å². The highest BCUT2D eigenvalue weighted by Crippen LogP contribution is 2.33. The van der Waals surface area contributed by atoms with Crippen LogP contribution in [0.4, 0.5) is 0 Å². The van der Waals surface area contributed by atoms with Crippen LogP contribution >= 0.6 is 21.6 Å². The Bertz CT molecular complexity index is 1570. The Morgan fingerprint density at radius 1 is 0.615 bits per heavy atom. The summed E-state index contributed by atoms with van der Waals surface area (Å²) in [5.74, 6) is 0.614. The van der Waals surface area contributed by atoms with Gasteiger partial charge in [-0.25, -0.2) is 0 Å². The van der Waals surface area contributed by atoms with Crippen molar-refractivity contribution in [1.29, 1.82) is 0 Å². The van der Waals surface area contributed by atoms with Gasteiger partial charge in [0.15, 0.2) is 0 Å². The number of hydrogen-bond donors (Lipinski definition) is 0. The molecule has 0 radical (unpaired) electrons. The van der Waals surface area contributed by atoms with Crippen LogP contribution < -0.4 is 0 Å². The molecule has 0 fully saturated rings. The molecule has 0 N–H and O–H groups in total. The lowest BCUT2D eigenvalue weighted by molar-refractivity contribution is 0.0545. The van der Waals surface area contributed by atoms with Crippen molar-refractivity contribution < 1.29 is 19.2 Å². The van der Waals surface area contributed by atoms with Crippen LogP contribution in [0.3, 0.4) is 0 Å². The molecule has 6 rings (SSSR count). The van der Waals surface area contributed by atoms with Gasteiger partial charge >= 0.3 is 0 Å². The van der Waals surface area contributed by atoms with Crippen LogP contribution in [-0.4, -0.2) is 57.5 Å². The highest BCUT2D eigenvalue weighted by molar-refractivity contribution is 8.76. The third-order valence-corrected chi connectivity index (χ3v) is 9.94. The van der Waals surface area contributed by atoms with Crippen molar-refractivity contribution in [2.24, 2.45) is 0 Å². The minimum atomic E-state index is -0.234. The van der Waals surface area contributed by atoms with Crippen molar-refractivity contribution >= 4 is 66.8 Å². The molecule has 4 amide bonds. The maximum atomic E-state index is 13.2. The van der Waals surface area contributed by atoms with Crippen LogP contribution in [-0.2, 0) is 0 Å². The molecule has 39 heavy (non-hydrogen) atoms. The molecule has 4 aromatic carbocycles. The van der Waals surface area contributed by atoms with Gasteiger partial charge in [-0.2, -0.15) is 0 Å². The lowest BCUT2D eigenvalue weighted by Gasteiger charge is -2.32. The third kappa shape index (κ3) is 4.41. The second kappa shape index (κ2) is 10.5. The highest BCUT2D eigenvalue weighted by Gasteiger charge is 2.35. The molecule has 2 aliphatic heterocycles. The van der Waals surface area contributed by atoms with Crippen molar-refractivity contribution in [3.63, 3.8) is 0 Å². The van der Waals surface area contributed by atoms with E-state index in [1.54, 1.807) is 45.9 Å². The first-order valence-electron chi connectivity index (χ1n) is 13.0. The fourth-order valence-electron chi connectivity index (χ4n) is 5.48. The monoisotopic (exact) mass is 554 g/mol. The van der Waals surface area contributed by atoms with E-state index in [4.69, 9.17) is 0 Å². The van der Waals surface area contributed by atoms with E-state index in [0.29, 0.717) is 41.6 Å². The minimum Gasteiger partial charge on any atom is -0.274 e. The number of nitrogens with zero attached hydrogens (tertiary/aromatic N) is 2. The largest absolute Gasteiger partial charge is 0.274 e. The Balaban J connectivity index is 0.996. The summed E-state index contributed by atoms with van der Waals surface area (Å²) in [7, 11) is 3.36. The summed E-state index contributed by atoms with van der Waals surface area (Å²) in [6.45, 7) is 2.29. The van der Waals surface area contributed by atoms with Gasteiger partial charge in [0, 0.05) is 57.1 Å². The van der Waals surface area contributed by atoms with Gasteiger partial charge in [-0.1, -0.05) is 70.1 Å². The number of hydrogen-bond acceptors (Lipinski definition) is 6. The van der Waals surface area contributed by atoms with E-state index in [2.05, 4.69) is 0 Å². The second-order valence-electron chi connectivity index (χ2n) is 9.80. The van der Waals surface area contributed by atoms with Gasteiger partial charge in [0.1, 0.15) is 0 Å². The van der Waals surface area contributed by atoms with Gasteiger partial charge < -0.3 is 0 Å². The van der Waals surface area contributed by atoms with Crippen LogP contribution in [0.1, 0.15) is 61.2 Å². The molecular formula is C31H26N2O4S2. The van der Waals surface area contributed by atoms with Crippen LogP contribution in [0.15, 0.2) is 72.8 Å². The van der Waals surface area contributed by atoms with Gasteiger partial charge in [-0.05, 0) is 54.8 Å². The van der Waals surface area contributed by atoms with E-state index < -0.39 is 0 Å². The van der Waals surface area contributed by atoms with E-state index in [-0.39, 0.29) is 29.7 Å². The van der Waals surface area contributed by atoms with Crippen molar-refractivity contribution in [3.05, 3.63) is 95.1 Å². The zero-order chi connectivity index (χ0) is 27.1. The quantitative estimate of drug-likeness (QED) is 0.135. The van der Waals surface area contributed by atoms with Crippen LogP contribution in [0.2, 0.25) is 0 Å². The first-order valence-corrected chi connectivity index (χ1v) is 15.5. The number of rotatable bonds is 9. The minimum absolute atomic E-state index is 0.229. The predicted octanol–water partition coefficient (Wildman–Crippen LogP) is 6.44. The molecule has 0 aromatic heterocycles. The molecule has 6 nitrogen and oxygen atoms in total. The van der Waals surface area contributed by atoms with Crippen LogP contribution in [0.25, 0.3) is 21.5 Å². The second-order valence-corrected chi connectivity index (χ2v) is 12.5. The summed E-state index contributed by atoms with van der Waals surface area (Å²) in [6.07, 6.45) is 1.36. The molecule has 0 saturated heterocycles. The number of carbonyl (C=O) groups excluding carboxylic acids is 4. The number of imide groups is 2. The van der Waals surface area contributed by atoms with Gasteiger partial charge in [0.25, 0.3) is 23.6 Å². The number of amides is 4. The summed E-state index contributed by atoms with van der Waals surface area (Å²) in [5.41, 5.74) is 2.33. The Morgan fingerprint density at radius 2 is 1.05 bits per heavy atom. The van der Waals surface area contributed by atoms with Crippen molar-refractivity contribution in [3.8, 4) is 0 Å². The van der Waals surface area contributed by atoms with Crippen LogP contribution in [0, 0.1) is 0 Å². The maximum Gasteiger partial charge on any atom is 0.261 e. The van der Waals surface area contributed by atoms with E-state index in [1.165, 1.54) is 9.80 Å². The molecule has 1 atom stereocenters. The summed E-state index contributed by atoms with van der Waals surface area (Å²) in [5, 5.41) is 3.30. The maximum absolute atomic E-state index is 13.2. The number of benzene rings is 4. The van der Waals surface area contributed by atoms with Gasteiger partial charge in [0.05, 0.1) is 0 Å². The fourth-order valence-corrected chi connectivity index (χ4v) is 7.75. The predicted molar refractivity (Wildman–Crippen MR) is 157 cm³/mol. The van der Waals surface area contributed by atoms with Gasteiger partial charge in [-0.3, -0.25) is 29.0 Å². The Morgan fingerprint density at radius 3 is 1.54 bits per heavy atom. The summed E-state index contributed by atoms with van der Waals surface area (Å²) >= 11 is 0. The zero-order valence-corrected chi connectivity index (χ0v) is 23.0. The summed E-state index contributed by atoms with van der Waals surface area (Å²) in [4.78, 5) is 55.2. The summed E-state index contributed by atoms with van der Waals surface area (Å²) < 4.78 is 0. The van der Waals surface area contributed by atoms with Crippen molar-refractivity contribution in [2.45, 2.75) is 25.8 Å². The first kappa shape index (κ1) is 25.6. The van der Waals surface area contributed by atoms with Crippen molar-refractivity contribution in [2.75, 3.05) is 18.1 Å². The Hall–Kier alpha value is -3.62. The molecule has 196 valence electrons. The van der Waals surface area contributed by atoms with E-state index in [1.807, 2.05) is 55.5 Å². The molecule has 8 heteroatoms. The van der Waals surface area contributed by atoms with Crippen molar-refractivity contribution in [1.82, 2.24) is 9.80 Å². The molecule has 2 aliphatic rings. The average Bonchev–Trinajstić information content (AvgIpc) is 2.95. The molecule has 0 spiro atoms. The Labute approximate surface area is 234 Å². The topological polar surface area (TPSA) is 74.8 Å². The Kier molecular flexibility index (Phi) is 6.91. The average molecular weight is 555 g/mol. The standard InChI is InChI=1S/C31H26N2O4S2/c1-19(33-30(36)24-13-4-9-21-10-5-14-25(27(21)24)31(33)37)15-18-39-38-17-6-16-32-28(34)22-11-2-7-20-8-3-12-23(26(20)22)29(32)35/h2-5,7-14,19H,6,15-18H2,1H3. The van der Waals surface area contributed by atoms with Crippen LogP contribution in [0.5, 0.6) is 0 Å². The molecule has 0 saturated carbocycles. The number of carbonyl (C=O) groups is 4. The lowest BCUT2D eigenvalue weighted by Crippen LogP contribution is -2.46. The third-order valence-electron chi connectivity index (χ3n) is 7.41. The molecule has 0 aliphatic carbocycles. The van der Waals surface area contributed by atoms with E-state index in [0.717, 1.165) is 33.1 Å². The zero-order valence-electron chi connectivity index (χ0n) is 21.4. The normalized spacial score (nSPS) is 15.5. The molecule has 1 unspecified atom stereocenters. The summed E-state index contributed by atoms with van der Waals surface area (Å²) in [6, 6.07) is 22.0.